The van der Waals surface area contributed by atoms with Crippen molar-refractivity contribution in [3.8, 4) is 17.6 Å². The maximum atomic E-state index is 13.7. The molecule has 0 amide bonds. The van der Waals surface area contributed by atoms with Gasteiger partial charge in [-0.2, -0.15) is 0 Å². The van der Waals surface area contributed by atoms with Crippen LogP contribution in [-0.2, 0) is 0 Å². The third-order valence-corrected chi connectivity index (χ3v) is 2.56. The molecule has 2 nitrogen and oxygen atoms in total. The van der Waals surface area contributed by atoms with Crippen molar-refractivity contribution >= 4 is 5.69 Å². The monoisotopic (exact) mass is 249 g/mol. The van der Waals surface area contributed by atoms with Crippen molar-refractivity contribution in [2.45, 2.75) is 32.6 Å². The zero-order valence-electron chi connectivity index (χ0n) is 11.1. The van der Waals surface area contributed by atoms with Crippen LogP contribution >= 0.6 is 0 Å². The molecular weight excluding hydrogens is 229 g/mol. The van der Waals surface area contributed by atoms with E-state index in [1.165, 1.54) is 12.8 Å². The number of nitrogens with one attached hydrogen (secondary N) is 1. The fraction of sp³-hybridized carbons (Fsp3) is 0.467. The third kappa shape index (κ3) is 4.67. The molecule has 1 rings (SSSR count). The smallest absolute Gasteiger partial charge is 0.188 e. The predicted octanol–water partition coefficient (Wildman–Crippen LogP) is 3.83. The van der Waals surface area contributed by atoms with E-state index in [1.807, 2.05) is 0 Å². The average Bonchev–Trinajstić information content (AvgIpc) is 2.39. The lowest BCUT2D eigenvalue weighted by atomic mass is 10.2. The lowest BCUT2D eigenvalue weighted by Gasteiger charge is -2.07. The third-order valence-electron chi connectivity index (χ3n) is 2.56. The van der Waals surface area contributed by atoms with Gasteiger partial charge in [-0.05, 0) is 18.6 Å². The molecule has 0 atom stereocenters. The van der Waals surface area contributed by atoms with Crippen LogP contribution < -0.4 is 10.1 Å². The number of benzene rings is 1. The predicted molar refractivity (Wildman–Crippen MR) is 73.4 cm³/mol. The first-order valence-corrected chi connectivity index (χ1v) is 6.34. The highest BCUT2D eigenvalue weighted by atomic mass is 19.1. The Kier molecular flexibility index (Phi) is 6.71. The van der Waals surface area contributed by atoms with Crippen LogP contribution in [0.25, 0.3) is 0 Å². The summed E-state index contributed by atoms with van der Waals surface area (Å²) >= 11 is 0. The topological polar surface area (TPSA) is 21.3 Å². The summed E-state index contributed by atoms with van der Waals surface area (Å²) < 4.78 is 19.0. The molecule has 0 aliphatic heterocycles. The van der Waals surface area contributed by atoms with Gasteiger partial charge in [0.05, 0.1) is 5.69 Å². The molecule has 0 saturated heterocycles. The fourth-order valence-electron chi connectivity index (χ4n) is 1.53. The van der Waals surface area contributed by atoms with Crippen LogP contribution in [-0.4, -0.2) is 13.7 Å². The van der Waals surface area contributed by atoms with Gasteiger partial charge >= 0.3 is 0 Å². The van der Waals surface area contributed by atoms with Gasteiger partial charge < -0.3 is 10.1 Å². The summed E-state index contributed by atoms with van der Waals surface area (Å²) in [6.07, 6.45) is 4.40. The SMILES string of the molecule is CCCCCC#CCOc1cccc(NC)c1F. The van der Waals surface area contributed by atoms with Gasteiger partial charge in [-0.15, -0.1) is 0 Å². The van der Waals surface area contributed by atoms with E-state index in [4.69, 9.17) is 4.74 Å². The van der Waals surface area contributed by atoms with Gasteiger partial charge in [-0.3, -0.25) is 0 Å². The minimum Gasteiger partial charge on any atom is -0.478 e. The quantitative estimate of drug-likeness (QED) is 0.611. The summed E-state index contributed by atoms with van der Waals surface area (Å²) in [5, 5.41) is 2.77. The van der Waals surface area contributed by atoms with Gasteiger partial charge in [-0.25, -0.2) is 4.39 Å². The number of hydrogen-bond acceptors (Lipinski definition) is 2. The Hall–Kier alpha value is -1.69. The first kappa shape index (κ1) is 14.4. The molecule has 3 heteroatoms. The van der Waals surface area contributed by atoms with Crippen molar-refractivity contribution in [3.63, 3.8) is 0 Å². The minimum atomic E-state index is -0.368. The van der Waals surface area contributed by atoms with Crippen LogP contribution in [0, 0.1) is 17.7 Å². The molecule has 0 bridgehead atoms. The molecule has 0 heterocycles. The number of ether oxygens (including phenoxy) is 1. The van der Waals surface area contributed by atoms with E-state index in [0.717, 1.165) is 12.8 Å². The number of rotatable bonds is 6. The Morgan fingerprint density at radius 1 is 1.28 bits per heavy atom. The lowest BCUT2D eigenvalue weighted by molar-refractivity contribution is 0.348. The molecule has 18 heavy (non-hydrogen) atoms. The first-order chi connectivity index (χ1) is 8.79. The minimum absolute atomic E-state index is 0.232. The number of unbranched alkanes of at least 4 members (excludes halogenated alkanes) is 3. The molecular formula is C15H20FNO. The fourth-order valence-corrected chi connectivity index (χ4v) is 1.53. The van der Waals surface area contributed by atoms with E-state index in [0.29, 0.717) is 5.69 Å². The zero-order valence-corrected chi connectivity index (χ0v) is 11.1. The Morgan fingerprint density at radius 2 is 2.11 bits per heavy atom. The summed E-state index contributed by atoms with van der Waals surface area (Å²) in [6.45, 7) is 2.39. The molecule has 1 aromatic carbocycles. The highest BCUT2D eigenvalue weighted by Crippen LogP contribution is 2.23. The van der Waals surface area contributed by atoms with Crippen LogP contribution in [0.5, 0.6) is 5.75 Å². The largest absolute Gasteiger partial charge is 0.478 e. The van der Waals surface area contributed by atoms with Gasteiger partial charge in [-0.1, -0.05) is 37.7 Å². The normalized spacial score (nSPS) is 9.50. The summed E-state index contributed by atoms with van der Waals surface area (Å²) in [6, 6.07) is 5.02. The highest BCUT2D eigenvalue weighted by molar-refractivity contribution is 5.49. The lowest BCUT2D eigenvalue weighted by Crippen LogP contribution is -1.99. The number of halogens is 1. The summed E-state index contributed by atoms with van der Waals surface area (Å²) in [5.74, 6) is 5.80. The van der Waals surface area contributed by atoms with E-state index < -0.39 is 0 Å². The van der Waals surface area contributed by atoms with Crippen molar-refractivity contribution in [2.24, 2.45) is 0 Å². The Morgan fingerprint density at radius 3 is 2.83 bits per heavy atom. The molecule has 0 fully saturated rings. The van der Waals surface area contributed by atoms with Crippen LogP contribution in [0.2, 0.25) is 0 Å². The van der Waals surface area contributed by atoms with Gasteiger partial charge in [0, 0.05) is 13.5 Å². The molecule has 1 aromatic rings. The highest BCUT2D eigenvalue weighted by Gasteiger charge is 2.06. The summed E-state index contributed by atoms with van der Waals surface area (Å²) in [7, 11) is 1.68. The van der Waals surface area contributed by atoms with E-state index in [2.05, 4.69) is 24.1 Å². The average molecular weight is 249 g/mol. The number of hydrogen-bond donors (Lipinski definition) is 1. The van der Waals surface area contributed by atoms with Gasteiger partial charge in [0.2, 0.25) is 0 Å². The van der Waals surface area contributed by atoms with Crippen molar-refractivity contribution in [3.05, 3.63) is 24.0 Å². The van der Waals surface area contributed by atoms with Crippen molar-refractivity contribution < 1.29 is 9.13 Å². The summed E-state index contributed by atoms with van der Waals surface area (Å²) in [4.78, 5) is 0. The zero-order chi connectivity index (χ0) is 13.2. The second-order valence-electron chi connectivity index (χ2n) is 3.97. The van der Waals surface area contributed by atoms with E-state index >= 15 is 0 Å². The van der Waals surface area contributed by atoms with Gasteiger partial charge in [0.1, 0.15) is 6.61 Å². The van der Waals surface area contributed by atoms with E-state index in [1.54, 1.807) is 25.2 Å². The second kappa shape index (κ2) is 8.41. The van der Waals surface area contributed by atoms with Gasteiger partial charge in [0.25, 0.3) is 0 Å². The van der Waals surface area contributed by atoms with Crippen LogP contribution in [0.3, 0.4) is 0 Å². The Bertz CT molecular complexity index is 420. The Balaban J connectivity index is 2.39. The standard InChI is InChI=1S/C15H20FNO/c1-3-4-5-6-7-8-12-18-14-11-9-10-13(17-2)15(14)16/h9-11,17H,3-6,12H2,1-2H3. The molecule has 0 aliphatic carbocycles. The van der Waals surface area contributed by atoms with Crippen LogP contribution in [0.15, 0.2) is 18.2 Å². The van der Waals surface area contributed by atoms with E-state index in [9.17, 15) is 4.39 Å². The molecule has 0 aliphatic rings. The van der Waals surface area contributed by atoms with Crippen molar-refractivity contribution in [1.29, 1.82) is 0 Å². The van der Waals surface area contributed by atoms with Crippen molar-refractivity contribution in [2.75, 3.05) is 19.0 Å². The maximum Gasteiger partial charge on any atom is 0.188 e. The molecule has 0 spiro atoms. The van der Waals surface area contributed by atoms with Crippen molar-refractivity contribution in [1.82, 2.24) is 0 Å². The Labute approximate surface area is 109 Å². The molecule has 0 unspecified atom stereocenters. The maximum absolute atomic E-state index is 13.7. The molecule has 98 valence electrons. The first-order valence-electron chi connectivity index (χ1n) is 6.34. The number of anilines is 1. The molecule has 0 aromatic heterocycles. The summed E-state index contributed by atoms with van der Waals surface area (Å²) in [5.41, 5.74) is 0.434. The van der Waals surface area contributed by atoms with Crippen LogP contribution in [0.1, 0.15) is 32.6 Å². The van der Waals surface area contributed by atoms with Crippen LogP contribution in [0.4, 0.5) is 10.1 Å². The molecule has 1 N–H and O–H groups in total. The van der Waals surface area contributed by atoms with E-state index in [-0.39, 0.29) is 18.2 Å². The molecule has 0 radical (unpaired) electrons. The second-order valence-corrected chi connectivity index (χ2v) is 3.97. The molecule has 0 saturated carbocycles. The van der Waals surface area contributed by atoms with Gasteiger partial charge in [0.15, 0.2) is 11.6 Å².